The van der Waals surface area contributed by atoms with Gasteiger partial charge in [0.25, 0.3) is 0 Å². The van der Waals surface area contributed by atoms with Gasteiger partial charge in [0, 0.05) is 6.04 Å². The van der Waals surface area contributed by atoms with Crippen molar-refractivity contribution >= 4 is 15.9 Å². The predicted octanol–water partition coefficient (Wildman–Crippen LogP) is 4.58. The normalized spacial score (nSPS) is 12.2. The van der Waals surface area contributed by atoms with Crippen LogP contribution in [-0.2, 0) is 6.42 Å². The third-order valence-electron chi connectivity index (χ3n) is 3.94. The van der Waals surface area contributed by atoms with Crippen LogP contribution in [0.2, 0.25) is 0 Å². The molecule has 0 saturated carbocycles. The number of aryl methyl sites for hydroxylation is 2. The van der Waals surface area contributed by atoms with E-state index in [0.717, 1.165) is 16.6 Å². The second-order valence-corrected chi connectivity index (χ2v) is 6.21. The Morgan fingerprint density at radius 2 is 1.86 bits per heavy atom. The molecule has 21 heavy (non-hydrogen) atoms. The molecule has 0 bridgehead atoms. The van der Waals surface area contributed by atoms with Gasteiger partial charge in [-0.25, -0.2) is 0 Å². The minimum absolute atomic E-state index is 0.310. The fourth-order valence-corrected chi connectivity index (χ4v) is 3.03. The molecule has 0 spiro atoms. The van der Waals surface area contributed by atoms with Crippen LogP contribution in [0.1, 0.15) is 28.3 Å². The SMILES string of the molecule is CNC(Cc1ccc(OC)c(Br)c1)c1ccc(C)c(C)c1. The second kappa shape index (κ2) is 7.10. The summed E-state index contributed by atoms with van der Waals surface area (Å²) in [5.41, 5.74) is 5.28. The predicted molar refractivity (Wildman–Crippen MR) is 92.1 cm³/mol. The molecule has 0 fully saturated rings. The molecule has 2 nitrogen and oxygen atoms in total. The highest BCUT2D eigenvalue weighted by Gasteiger charge is 2.12. The number of rotatable bonds is 5. The van der Waals surface area contributed by atoms with Gasteiger partial charge in [-0.3, -0.25) is 0 Å². The van der Waals surface area contributed by atoms with Crippen LogP contribution in [0.4, 0.5) is 0 Å². The molecule has 2 aromatic rings. The smallest absolute Gasteiger partial charge is 0.133 e. The molecule has 1 unspecified atom stereocenters. The molecule has 0 heterocycles. The van der Waals surface area contributed by atoms with E-state index < -0.39 is 0 Å². The number of hydrogen-bond donors (Lipinski definition) is 1. The Balaban J connectivity index is 2.22. The van der Waals surface area contributed by atoms with E-state index in [0.29, 0.717) is 6.04 Å². The molecule has 0 aliphatic heterocycles. The average molecular weight is 348 g/mol. The zero-order valence-corrected chi connectivity index (χ0v) is 14.6. The monoisotopic (exact) mass is 347 g/mol. The average Bonchev–Trinajstić information content (AvgIpc) is 2.48. The van der Waals surface area contributed by atoms with Gasteiger partial charge in [0.2, 0.25) is 0 Å². The zero-order valence-electron chi connectivity index (χ0n) is 13.0. The van der Waals surface area contributed by atoms with Crippen LogP contribution in [0, 0.1) is 13.8 Å². The molecule has 3 heteroatoms. The first kappa shape index (κ1) is 16.1. The van der Waals surface area contributed by atoms with Crippen molar-refractivity contribution in [3.05, 3.63) is 63.1 Å². The molecule has 0 saturated heterocycles. The van der Waals surface area contributed by atoms with Crippen LogP contribution in [0.25, 0.3) is 0 Å². The minimum Gasteiger partial charge on any atom is -0.496 e. The molecule has 1 N–H and O–H groups in total. The van der Waals surface area contributed by atoms with Gasteiger partial charge >= 0.3 is 0 Å². The maximum Gasteiger partial charge on any atom is 0.133 e. The lowest BCUT2D eigenvalue weighted by atomic mass is 9.96. The van der Waals surface area contributed by atoms with Crippen molar-refractivity contribution in [1.29, 1.82) is 0 Å². The van der Waals surface area contributed by atoms with Crippen molar-refractivity contribution in [2.24, 2.45) is 0 Å². The third kappa shape index (κ3) is 3.86. The van der Waals surface area contributed by atoms with Crippen LogP contribution >= 0.6 is 15.9 Å². The maximum atomic E-state index is 5.28. The van der Waals surface area contributed by atoms with Gasteiger partial charge in [0.05, 0.1) is 11.6 Å². The summed E-state index contributed by atoms with van der Waals surface area (Å²) >= 11 is 3.55. The van der Waals surface area contributed by atoms with E-state index in [-0.39, 0.29) is 0 Å². The van der Waals surface area contributed by atoms with Crippen molar-refractivity contribution in [3.63, 3.8) is 0 Å². The molecule has 112 valence electrons. The first-order valence-electron chi connectivity index (χ1n) is 7.12. The number of benzene rings is 2. The summed E-state index contributed by atoms with van der Waals surface area (Å²) in [7, 11) is 3.70. The number of hydrogen-bond acceptors (Lipinski definition) is 2. The van der Waals surface area contributed by atoms with Crippen LogP contribution in [-0.4, -0.2) is 14.2 Å². The lowest BCUT2D eigenvalue weighted by molar-refractivity contribution is 0.412. The van der Waals surface area contributed by atoms with Crippen molar-refractivity contribution in [1.82, 2.24) is 5.32 Å². The van der Waals surface area contributed by atoms with Crippen LogP contribution < -0.4 is 10.1 Å². The Kier molecular flexibility index (Phi) is 5.43. The van der Waals surface area contributed by atoms with Gasteiger partial charge in [-0.05, 0) is 77.6 Å². The molecular formula is C18H22BrNO. The Morgan fingerprint density at radius 3 is 2.43 bits per heavy atom. The highest BCUT2D eigenvalue weighted by molar-refractivity contribution is 9.10. The van der Waals surface area contributed by atoms with Gasteiger partial charge < -0.3 is 10.1 Å². The number of likely N-dealkylation sites (N-methyl/N-ethyl adjacent to an activating group) is 1. The highest BCUT2D eigenvalue weighted by Crippen LogP contribution is 2.28. The molecule has 0 radical (unpaired) electrons. The standard InChI is InChI=1S/C18H22BrNO/c1-12-5-7-15(9-13(12)2)17(20-3)11-14-6-8-18(21-4)16(19)10-14/h5-10,17,20H,11H2,1-4H3. The Bertz CT molecular complexity index is 625. The lowest BCUT2D eigenvalue weighted by Gasteiger charge is -2.18. The van der Waals surface area contributed by atoms with E-state index >= 15 is 0 Å². The largest absolute Gasteiger partial charge is 0.496 e. The summed E-state index contributed by atoms with van der Waals surface area (Å²) < 4.78 is 6.28. The van der Waals surface area contributed by atoms with Crippen molar-refractivity contribution < 1.29 is 4.74 Å². The van der Waals surface area contributed by atoms with E-state index in [1.54, 1.807) is 7.11 Å². The molecule has 0 aliphatic rings. The van der Waals surface area contributed by atoms with E-state index in [1.165, 1.54) is 22.3 Å². The van der Waals surface area contributed by atoms with Gasteiger partial charge in [-0.2, -0.15) is 0 Å². The molecule has 0 aromatic heterocycles. The van der Waals surface area contributed by atoms with Crippen molar-refractivity contribution in [3.8, 4) is 5.75 Å². The third-order valence-corrected chi connectivity index (χ3v) is 4.56. The van der Waals surface area contributed by atoms with Crippen LogP contribution in [0.15, 0.2) is 40.9 Å². The second-order valence-electron chi connectivity index (χ2n) is 5.36. The Labute approximate surface area is 135 Å². The van der Waals surface area contributed by atoms with E-state index in [9.17, 15) is 0 Å². The molecular weight excluding hydrogens is 326 g/mol. The summed E-state index contributed by atoms with van der Waals surface area (Å²) in [4.78, 5) is 0. The van der Waals surface area contributed by atoms with Gasteiger partial charge in [0.1, 0.15) is 5.75 Å². The molecule has 2 rings (SSSR count). The van der Waals surface area contributed by atoms with Gasteiger partial charge in [-0.1, -0.05) is 24.3 Å². The first-order chi connectivity index (χ1) is 10.0. The van der Waals surface area contributed by atoms with E-state index in [1.807, 2.05) is 13.1 Å². The number of ether oxygens (including phenoxy) is 1. The number of halogens is 1. The number of nitrogens with one attached hydrogen (secondary N) is 1. The Hall–Kier alpha value is -1.32. The van der Waals surface area contributed by atoms with Crippen molar-refractivity contribution in [2.45, 2.75) is 26.3 Å². The topological polar surface area (TPSA) is 21.3 Å². The summed E-state index contributed by atoms with van der Waals surface area (Å²) in [5, 5.41) is 3.42. The highest BCUT2D eigenvalue weighted by atomic mass is 79.9. The van der Waals surface area contributed by atoms with Crippen LogP contribution in [0.5, 0.6) is 5.75 Å². The van der Waals surface area contributed by atoms with Crippen molar-refractivity contribution in [2.75, 3.05) is 14.2 Å². The fraction of sp³-hybridized carbons (Fsp3) is 0.333. The molecule has 0 amide bonds. The lowest BCUT2D eigenvalue weighted by Crippen LogP contribution is -2.19. The van der Waals surface area contributed by atoms with E-state index in [2.05, 4.69) is 65.4 Å². The quantitative estimate of drug-likeness (QED) is 0.854. The van der Waals surface area contributed by atoms with E-state index in [4.69, 9.17) is 4.74 Å². The van der Waals surface area contributed by atoms with Crippen LogP contribution in [0.3, 0.4) is 0 Å². The first-order valence-corrected chi connectivity index (χ1v) is 7.91. The Morgan fingerprint density at radius 1 is 1.10 bits per heavy atom. The number of methoxy groups -OCH3 is 1. The summed E-state index contributed by atoms with van der Waals surface area (Å²) in [6, 6.07) is 13.2. The summed E-state index contributed by atoms with van der Waals surface area (Å²) in [5.74, 6) is 0.867. The minimum atomic E-state index is 0.310. The molecule has 0 aliphatic carbocycles. The maximum absolute atomic E-state index is 5.28. The fourth-order valence-electron chi connectivity index (χ4n) is 2.44. The van der Waals surface area contributed by atoms with Gasteiger partial charge in [0.15, 0.2) is 0 Å². The summed E-state index contributed by atoms with van der Waals surface area (Å²) in [6.45, 7) is 4.31. The summed E-state index contributed by atoms with van der Waals surface area (Å²) in [6.07, 6.45) is 0.946. The van der Waals surface area contributed by atoms with Gasteiger partial charge in [-0.15, -0.1) is 0 Å². The molecule has 1 atom stereocenters. The zero-order chi connectivity index (χ0) is 15.4. The molecule has 2 aromatic carbocycles.